The van der Waals surface area contributed by atoms with Crippen LogP contribution in [0.15, 0.2) is 42.2 Å². The molecule has 0 amide bonds. The van der Waals surface area contributed by atoms with Gasteiger partial charge in [-0.1, -0.05) is 6.07 Å². The summed E-state index contributed by atoms with van der Waals surface area (Å²) in [4.78, 5) is 19.2. The number of nitrogens with zero attached hydrogens (tertiary/aromatic N) is 5. The van der Waals surface area contributed by atoms with Crippen LogP contribution in [0.25, 0.3) is 11.2 Å². The molecule has 18 heavy (non-hydrogen) atoms. The first-order valence-corrected chi connectivity index (χ1v) is 5.28. The van der Waals surface area contributed by atoms with Crippen LogP contribution in [0.2, 0.25) is 0 Å². The fourth-order valence-electron chi connectivity index (χ4n) is 1.46. The molecule has 7 nitrogen and oxygen atoms in total. The Morgan fingerprint density at radius 1 is 1.17 bits per heavy atom. The van der Waals surface area contributed by atoms with Crippen molar-refractivity contribution in [3.63, 3.8) is 0 Å². The summed E-state index contributed by atoms with van der Waals surface area (Å²) in [6.45, 7) is 0. The second-order valence-corrected chi connectivity index (χ2v) is 3.45. The van der Waals surface area contributed by atoms with E-state index in [1.165, 1.54) is 6.33 Å². The fraction of sp³-hybridized carbons (Fsp3) is 0. The van der Waals surface area contributed by atoms with Crippen LogP contribution < -0.4 is 5.43 Å². The highest BCUT2D eigenvalue weighted by atomic mass is 15.3. The Bertz CT molecular complexity index is 674. The van der Waals surface area contributed by atoms with Crippen molar-refractivity contribution in [2.45, 2.75) is 0 Å². The molecule has 7 heteroatoms. The number of imidazole rings is 1. The van der Waals surface area contributed by atoms with E-state index in [0.717, 1.165) is 11.2 Å². The van der Waals surface area contributed by atoms with Crippen molar-refractivity contribution in [1.82, 2.24) is 24.9 Å². The number of H-pyrrole nitrogens is 1. The maximum absolute atomic E-state index is 4.12. The predicted octanol–water partition coefficient (Wildman–Crippen LogP) is 1.19. The molecule has 3 aromatic heterocycles. The van der Waals surface area contributed by atoms with Crippen molar-refractivity contribution in [2.24, 2.45) is 5.10 Å². The molecule has 88 valence electrons. The molecule has 3 aromatic rings. The van der Waals surface area contributed by atoms with Crippen LogP contribution in [0.3, 0.4) is 0 Å². The Kier molecular flexibility index (Phi) is 2.63. The highest BCUT2D eigenvalue weighted by molar-refractivity contribution is 5.83. The number of nitrogens with one attached hydrogen (secondary N) is 2. The Hall–Kier alpha value is -2.83. The highest BCUT2D eigenvalue weighted by Crippen LogP contribution is 2.13. The summed E-state index contributed by atoms with van der Waals surface area (Å²) < 4.78 is 0. The third-order valence-corrected chi connectivity index (χ3v) is 2.28. The van der Waals surface area contributed by atoms with E-state index in [9.17, 15) is 0 Å². The van der Waals surface area contributed by atoms with Gasteiger partial charge in [0.2, 0.25) is 0 Å². The van der Waals surface area contributed by atoms with Gasteiger partial charge in [0.25, 0.3) is 0 Å². The molecule has 0 atom stereocenters. The van der Waals surface area contributed by atoms with Crippen LogP contribution in [0.4, 0.5) is 5.82 Å². The molecule has 0 bridgehead atoms. The Morgan fingerprint density at radius 2 is 2.17 bits per heavy atom. The first-order valence-electron chi connectivity index (χ1n) is 5.28. The Balaban J connectivity index is 1.81. The largest absolute Gasteiger partial charge is 0.340 e. The van der Waals surface area contributed by atoms with E-state index in [4.69, 9.17) is 0 Å². The van der Waals surface area contributed by atoms with E-state index < -0.39 is 0 Å². The van der Waals surface area contributed by atoms with Gasteiger partial charge in [-0.15, -0.1) is 0 Å². The Morgan fingerprint density at radius 3 is 3.06 bits per heavy atom. The number of hydrogen-bond donors (Lipinski definition) is 2. The van der Waals surface area contributed by atoms with Gasteiger partial charge in [-0.25, -0.2) is 15.0 Å². The molecule has 0 unspecified atom stereocenters. The zero-order valence-electron chi connectivity index (χ0n) is 9.28. The standard InChI is InChI=1S/C11H9N7/c1-2-4-12-8(3-1)5-17-18-11-9-10(14-6-13-9)15-7-16-11/h1-7H,(H2,13,14,15,16,18)/b17-5-. The summed E-state index contributed by atoms with van der Waals surface area (Å²) in [6, 6.07) is 5.60. The zero-order chi connectivity index (χ0) is 12.2. The molecule has 0 saturated heterocycles. The number of hydrogen-bond acceptors (Lipinski definition) is 6. The average Bonchev–Trinajstić information content (AvgIpc) is 2.89. The third-order valence-electron chi connectivity index (χ3n) is 2.28. The molecule has 3 heterocycles. The monoisotopic (exact) mass is 239 g/mol. The van der Waals surface area contributed by atoms with Gasteiger partial charge in [0.1, 0.15) is 11.8 Å². The minimum absolute atomic E-state index is 0.574. The second-order valence-electron chi connectivity index (χ2n) is 3.45. The van der Waals surface area contributed by atoms with Crippen LogP contribution in [-0.2, 0) is 0 Å². The summed E-state index contributed by atoms with van der Waals surface area (Å²) in [5.74, 6) is 0.574. The summed E-state index contributed by atoms with van der Waals surface area (Å²) in [5, 5.41) is 4.07. The molecule has 0 aliphatic carbocycles. The molecular weight excluding hydrogens is 230 g/mol. The number of hydrazone groups is 1. The van der Waals surface area contributed by atoms with E-state index in [1.54, 1.807) is 18.7 Å². The minimum Gasteiger partial charge on any atom is -0.340 e. The lowest BCUT2D eigenvalue weighted by Crippen LogP contribution is -1.96. The summed E-state index contributed by atoms with van der Waals surface area (Å²) in [6.07, 6.45) is 6.32. The first-order chi connectivity index (χ1) is 8.93. The molecule has 0 aromatic carbocycles. The van der Waals surface area contributed by atoms with E-state index in [2.05, 4.69) is 35.4 Å². The van der Waals surface area contributed by atoms with E-state index >= 15 is 0 Å². The van der Waals surface area contributed by atoms with E-state index in [-0.39, 0.29) is 0 Å². The van der Waals surface area contributed by atoms with Gasteiger partial charge in [0.05, 0.1) is 18.2 Å². The lowest BCUT2D eigenvalue weighted by Gasteiger charge is -1.98. The van der Waals surface area contributed by atoms with Crippen molar-refractivity contribution in [3.8, 4) is 0 Å². The number of aromatic amines is 1. The summed E-state index contributed by atoms with van der Waals surface area (Å²) in [5.41, 5.74) is 4.91. The SMILES string of the molecule is C(=N/Nc1ncnc2nc[nH]c12)/c1ccccn1. The van der Waals surface area contributed by atoms with Crippen molar-refractivity contribution >= 4 is 23.2 Å². The second kappa shape index (κ2) is 4.58. The maximum Gasteiger partial charge on any atom is 0.182 e. The third kappa shape index (κ3) is 2.01. The summed E-state index contributed by atoms with van der Waals surface area (Å²) in [7, 11) is 0. The van der Waals surface area contributed by atoms with E-state index in [0.29, 0.717) is 11.5 Å². The molecule has 3 rings (SSSR count). The number of fused-ring (bicyclic) bond motifs is 1. The molecule has 0 saturated carbocycles. The van der Waals surface area contributed by atoms with Crippen LogP contribution >= 0.6 is 0 Å². The van der Waals surface area contributed by atoms with Gasteiger partial charge >= 0.3 is 0 Å². The number of aromatic nitrogens is 5. The van der Waals surface area contributed by atoms with Crippen LogP contribution in [0, 0.1) is 0 Å². The Labute approximate surface area is 102 Å². The van der Waals surface area contributed by atoms with Crippen molar-refractivity contribution in [2.75, 3.05) is 5.43 Å². The maximum atomic E-state index is 4.12. The molecule has 2 N–H and O–H groups in total. The lowest BCUT2D eigenvalue weighted by molar-refractivity contribution is 1.16. The van der Waals surface area contributed by atoms with Crippen molar-refractivity contribution in [1.29, 1.82) is 0 Å². The smallest absolute Gasteiger partial charge is 0.182 e. The number of rotatable bonds is 3. The lowest BCUT2D eigenvalue weighted by atomic mass is 10.4. The molecule has 0 fully saturated rings. The molecule has 0 radical (unpaired) electrons. The number of pyridine rings is 1. The van der Waals surface area contributed by atoms with Crippen molar-refractivity contribution < 1.29 is 0 Å². The molecule has 0 aliphatic rings. The normalized spacial score (nSPS) is 11.1. The van der Waals surface area contributed by atoms with Gasteiger partial charge in [0, 0.05) is 6.20 Å². The topological polar surface area (TPSA) is 91.7 Å². The predicted molar refractivity (Wildman–Crippen MR) is 67.1 cm³/mol. The fourth-order valence-corrected chi connectivity index (χ4v) is 1.46. The molecular formula is C11H9N7. The van der Waals surface area contributed by atoms with Crippen LogP contribution in [0.5, 0.6) is 0 Å². The van der Waals surface area contributed by atoms with E-state index in [1.807, 2.05) is 18.2 Å². The van der Waals surface area contributed by atoms with Gasteiger partial charge in [-0.3, -0.25) is 10.4 Å². The van der Waals surface area contributed by atoms with Gasteiger partial charge in [-0.05, 0) is 12.1 Å². The minimum atomic E-state index is 0.574. The number of anilines is 1. The first kappa shape index (κ1) is 10.3. The molecule has 0 spiro atoms. The van der Waals surface area contributed by atoms with Crippen LogP contribution in [0.1, 0.15) is 5.69 Å². The zero-order valence-corrected chi connectivity index (χ0v) is 9.28. The van der Waals surface area contributed by atoms with Crippen LogP contribution in [-0.4, -0.2) is 31.1 Å². The summed E-state index contributed by atoms with van der Waals surface area (Å²) >= 11 is 0. The van der Waals surface area contributed by atoms with Gasteiger partial charge in [0.15, 0.2) is 11.5 Å². The average molecular weight is 239 g/mol. The van der Waals surface area contributed by atoms with Crippen molar-refractivity contribution in [3.05, 3.63) is 42.7 Å². The highest BCUT2D eigenvalue weighted by Gasteiger charge is 2.03. The van der Waals surface area contributed by atoms with Gasteiger partial charge < -0.3 is 4.98 Å². The molecule has 0 aliphatic heterocycles. The van der Waals surface area contributed by atoms with Gasteiger partial charge in [-0.2, -0.15) is 5.10 Å². The quantitative estimate of drug-likeness (QED) is 0.529.